The molecule has 0 spiro atoms. The Morgan fingerprint density at radius 3 is 2.52 bits per heavy atom. The summed E-state index contributed by atoms with van der Waals surface area (Å²) in [6.07, 6.45) is 0.979. The third-order valence-electron chi connectivity index (χ3n) is 3.02. The van der Waals surface area contributed by atoms with Gasteiger partial charge in [-0.3, -0.25) is 0 Å². The molecule has 3 nitrogen and oxygen atoms in total. The summed E-state index contributed by atoms with van der Waals surface area (Å²) in [5.41, 5.74) is 1.21. The zero-order valence-electron chi connectivity index (χ0n) is 12.8. The van der Waals surface area contributed by atoms with Gasteiger partial charge >= 0.3 is 0 Å². The van der Waals surface area contributed by atoms with Crippen LogP contribution in [0.2, 0.25) is 0 Å². The molecule has 1 N–H and O–H groups in total. The van der Waals surface area contributed by atoms with Crippen LogP contribution in [-0.4, -0.2) is 13.2 Å². The summed E-state index contributed by atoms with van der Waals surface area (Å²) in [4.78, 5) is 0. The normalized spacial score (nSPS) is 10.4. The van der Waals surface area contributed by atoms with Crippen LogP contribution in [0, 0.1) is 0 Å². The lowest BCUT2D eigenvalue weighted by Gasteiger charge is -2.12. The van der Waals surface area contributed by atoms with Crippen molar-refractivity contribution in [2.75, 3.05) is 13.2 Å². The Bertz CT molecular complexity index is 554. The molecule has 21 heavy (non-hydrogen) atoms. The Morgan fingerprint density at radius 2 is 1.76 bits per heavy atom. The van der Waals surface area contributed by atoms with Gasteiger partial charge < -0.3 is 14.8 Å². The average Bonchev–Trinajstić information content (AvgIpc) is 2.52. The van der Waals surface area contributed by atoms with Crippen molar-refractivity contribution in [3.05, 3.63) is 54.1 Å². The van der Waals surface area contributed by atoms with Crippen LogP contribution >= 0.6 is 0 Å². The van der Waals surface area contributed by atoms with Gasteiger partial charge in [0.25, 0.3) is 0 Å². The number of nitrogens with one attached hydrogen (secondary N) is 1. The molecule has 0 unspecified atom stereocenters. The first kappa shape index (κ1) is 15.4. The van der Waals surface area contributed by atoms with Gasteiger partial charge in [-0.25, -0.2) is 0 Å². The number of para-hydroxylation sites is 2. The van der Waals surface area contributed by atoms with Crippen molar-refractivity contribution in [1.82, 2.24) is 5.32 Å². The molecule has 2 rings (SSSR count). The van der Waals surface area contributed by atoms with Crippen LogP contribution in [0.5, 0.6) is 17.2 Å². The summed E-state index contributed by atoms with van der Waals surface area (Å²) in [6, 6.07) is 15.9. The zero-order valence-corrected chi connectivity index (χ0v) is 12.8. The van der Waals surface area contributed by atoms with Crippen LogP contribution < -0.4 is 14.8 Å². The third kappa shape index (κ3) is 4.80. The highest BCUT2D eigenvalue weighted by atomic mass is 16.5. The largest absolute Gasteiger partial charge is 0.490 e. The van der Waals surface area contributed by atoms with Crippen LogP contribution in [-0.2, 0) is 6.54 Å². The maximum absolute atomic E-state index is 5.97. The van der Waals surface area contributed by atoms with Crippen molar-refractivity contribution in [3.63, 3.8) is 0 Å². The topological polar surface area (TPSA) is 30.5 Å². The Balaban J connectivity index is 2.10. The molecule has 0 aliphatic carbocycles. The van der Waals surface area contributed by atoms with Gasteiger partial charge in [0.05, 0.1) is 6.61 Å². The minimum absolute atomic E-state index is 0.695. The third-order valence-corrected chi connectivity index (χ3v) is 3.02. The minimum Gasteiger partial charge on any atom is -0.490 e. The molecule has 0 amide bonds. The molecule has 0 atom stereocenters. The van der Waals surface area contributed by atoms with E-state index in [1.54, 1.807) is 0 Å². The second-order valence-electron chi connectivity index (χ2n) is 4.82. The lowest BCUT2D eigenvalue weighted by Crippen LogP contribution is -2.11. The summed E-state index contributed by atoms with van der Waals surface area (Å²) in [5.74, 6) is 2.38. The Labute approximate surface area is 126 Å². The molecule has 2 aromatic carbocycles. The molecule has 0 bridgehead atoms. The van der Waals surface area contributed by atoms with E-state index in [1.165, 1.54) is 5.56 Å². The summed E-state index contributed by atoms with van der Waals surface area (Å²) in [6.45, 7) is 6.69. The highest BCUT2D eigenvalue weighted by molar-refractivity contribution is 5.43. The molecule has 0 heterocycles. The summed E-state index contributed by atoms with van der Waals surface area (Å²) < 4.78 is 11.7. The first-order valence-electron chi connectivity index (χ1n) is 7.52. The van der Waals surface area contributed by atoms with Gasteiger partial charge in [0.15, 0.2) is 11.5 Å². The van der Waals surface area contributed by atoms with E-state index in [4.69, 9.17) is 9.47 Å². The van der Waals surface area contributed by atoms with Crippen molar-refractivity contribution < 1.29 is 9.47 Å². The smallest absolute Gasteiger partial charge is 0.169 e. The monoisotopic (exact) mass is 285 g/mol. The van der Waals surface area contributed by atoms with Crippen molar-refractivity contribution in [1.29, 1.82) is 0 Å². The Morgan fingerprint density at radius 1 is 0.952 bits per heavy atom. The first-order chi connectivity index (χ1) is 10.3. The van der Waals surface area contributed by atoms with E-state index >= 15 is 0 Å². The van der Waals surface area contributed by atoms with Crippen molar-refractivity contribution in [3.8, 4) is 17.2 Å². The molecule has 112 valence electrons. The molecular formula is C18H23NO2. The lowest BCUT2D eigenvalue weighted by atomic mass is 10.2. The van der Waals surface area contributed by atoms with E-state index in [9.17, 15) is 0 Å². The van der Waals surface area contributed by atoms with Gasteiger partial charge in [-0.05, 0) is 42.8 Å². The van der Waals surface area contributed by atoms with Crippen molar-refractivity contribution >= 4 is 0 Å². The number of benzene rings is 2. The summed E-state index contributed by atoms with van der Waals surface area (Å²) in [5, 5.41) is 3.31. The highest BCUT2D eigenvalue weighted by Gasteiger charge is 2.05. The molecule has 0 fully saturated rings. The van der Waals surface area contributed by atoms with E-state index in [1.807, 2.05) is 36.4 Å². The van der Waals surface area contributed by atoms with Crippen LogP contribution in [0.1, 0.15) is 25.8 Å². The highest BCUT2D eigenvalue weighted by Crippen LogP contribution is 2.31. The predicted octanol–water partition coefficient (Wildman–Crippen LogP) is 4.38. The molecule has 0 aliphatic rings. The molecule has 0 radical (unpaired) electrons. The fourth-order valence-electron chi connectivity index (χ4n) is 1.98. The van der Waals surface area contributed by atoms with Gasteiger partial charge in [-0.2, -0.15) is 0 Å². The van der Waals surface area contributed by atoms with Gasteiger partial charge in [0.2, 0.25) is 0 Å². The summed E-state index contributed by atoms with van der Waals surface area (Å²) in [7, 11) is 0. The fraction of sp³-hybridized carbons (Fsp3) is 0.333. The lowest BCUT2D eigenvalue weighted by molar-refractivity contribution is 0.302. The quantitative estimate of drug-likeness (QED) is 0.781. The number of rotatable bonds is 8. The van der Waals surface area contributed by atoms with Gasteiger partial charge in [-0.15, -0.1) is 0 Å². The van der Waals surface area contributed by atoms with Crippen LogP contribution in [0.15, 0.2) is 48.5 Å². The van der Waals surface area contributed by atoms with Crippen LogP contribution in [0.25, 0.3) is 0 Å². The Kier molecular flexibility index (Phi) is 6.10. The molecule has 3 heteroatoms. The standard InChI is InChI=1S/C18H23NO2/c1-3-12-20-17-10-5-6-11-18(17)21-16-9-7-8-15(13-16)14-19-4-2/h5-11,13,19H,3-4,12,14H2,1-2H3. The molecule has 0 saturated heterocycles. The minimum atomic E-state index is 0.695. The summed E-state index contributed by atoms with van der Waals surface area (Å²) >= 11 is 0. The zero-order chi connectivity index (χ0) is 14.9. The maximum atomic E-state index is 5.97. The van der Waals surface area contributed by atoms with Crippen molar-refractivity contribution in [2.45, 2.75) is 26.8 Å². The molecular weight excluding hydrogens is 262 g/mol. The number of ether oxygens (including phenoxy) is 2. The SMILES string of the molecule is CCCOc1ccccc1Oc1cccc(CNCC)c1. The van der Waals surface area contributed by atoms with Gasteiger partial charge in [0, 0.05) is 6.54 Å². The predicted molar refractivity (Wildman–Crippen MR) is 86.1 cm³/mol. The van der Waals surface area contributed by atoms with E-state index in [2.05, 4.69) is 31.3 Å². The van der Waals surface area contributed by atoms with E-state index in [0.29, 0.717) is 6.61 Å². The van der Waals surface area contributed by atoms with Gasteiger partial charge in [0.1, 0.15) is 5.75 Å². The molecule has 0 aromatic heterocycles. The van der Waals surface area contributed by atoms with Crippen molar-refractivity contribution in [2.24, 2.45) is 0 Å². The second kappa shape index (κ2) is 8.32. The number of hydrogen-bond donors (Lipinski definition) is 1. The molecule has 2 aromatic rings. The number of hydrogen-bond acceptors (Lipinski definition) is 3. The van der Waals surface area contributed by atoms with Gasteiger partial charge in [-0.1, -0.05) is 38.1 Å². The maximum Gasteiger partial charge on any atom is 0.169 e. The molecule has 0 aliphatic heterocycles. The van der Waals surface area contributed by atoms with Crippen LogP contribution in [0.3, 0.4) is 0 Å². The Hall–Kier alpha value is -2.00. The molecule has 0 saturated carbocycles. The fourth-order valence-corrected chi connectivity index (χ4v) is 1.98. The average molecular weight is 285 g/mol. The van der Waals surface area contributed by atoms with E-state index < -0.39 is 0 Å². The first-order valence-corrected chi connectivity index (χ1v) is 7.52. The second-order valence-corrected chi connectivity index (χ2v) is 4.82. The van der Waals surface area contributed by atoms with E-state index in [0.717, 1.165) is 36.8 Å². The van der Waals surface area contributed by atoms with E-state index in [-0.39, 0.29) is 0 Å². The van der Waals surface area contributed by atoms with Crippen LogP contribution in [0.4, 0.5) is 0 Å².